The summed E-state index contributed by atoms with van der Waals surface area (Å²) in [5, 5.41) is 3.60. The van der Waals surface area contributed by atoms with Crippen LogP contribution in [0.3, 0.4) is 0 Å². The number of hydrogen-bond acceptors (Lipinski definition) is 3. The van der Waals surface area contributed by atoms with E-state index < -0.39 is 0 Å². The van der Waals surface area contributed by atoms with Gasteiger partial charge in [0.25, 0.3) is 5.91 Å². The molecular formula is C22H26N2O2. The number of amides is 1. The number of ether oxygens (including phenoxy) is 1. The Morgan fingerprint density at radius 3 is 2.65 bits per heavy atom. The van der Waals surface area contributed by atoms with E-state index >= 15 is 0 Å². The van der Waals surface area contributed by atoms with Crippen LogP contribution >= 0.6 is 0 Å². The number of benzene rings is 2. The molecule has 1 saturated heterocycles. The van der Waals surface area contributed by atoms with Crippen molar-refractivity contribution in [2.75, 3.05) is 18.5 Å². The summed E-state index contributed by atoms with van der Waals surface area (Å²) in [4.78, 5) is 15.2. The highest BCUT2D eigenvalue weighted by molar-refractivity contribution is 6.01. The Kier molecular flexibility index (Phi) is 4.45. The Morgan fingerprint density at radius 2 is 1.88 bits per heavy atom. The van der Waals surface area contributed by atoms with Crippen molar-refractivity contribution >= 4 is 11.6 Å². The van der Waals surface area contributed by atoms with Gasteiger partial charge >= 0.3 is 0 Å². The number of para-hydroxylation sites is 1. The highest BCUT2D eigenvalue weighted by Crippen LogP contribution is 2.36. The molecule has 136 valence electrons. The molecule has 26 heavy (non-hydrogen) atoms. The molecule has 2 atom stereocenters. The van der Waals surface area contributed by atoms with E-state index in [1.165, 1.54) is 16.7 Å². The van der Waals surface area contributed by atoms with E-state index in [-0.39, 0.29) is 18.2 Å². The topological polar surface area (TPSA) is 41.6 Å². The smallest absolute Gasteiger partial charge is 0.257 e. The molecule has 0 aromatic heterocycles. The van der Waals surface area contributed by atoms with Gasteiger partial charge in [-0.3, -0.25) is 4.79 Å². The van der Waals surface area contributed by atoms with Gasteiger partial charge in [0, 0.05) is 18.8 Å². The molecule has 4 heteroatoms. The second-order valence-corrected chi connectivity index (χ2v) is 7.48. The van der Waals surface area contributed by atoms with Crippen LogP contribution in [0.25, 0.3) is 0 Å². The summed E-state index contributed by atoms with van der Waals surface area (Å²) >= 11 is 0. The number of nitrogens with one attached hydrogen (secondary N) is 1. The van der Waals surface area contributed by atoms with Crippen molar-refractivity contribution in [2.24, 2.45) is 0 Å². The number of anilines is 1. The summed E-state index contributed by atoms with van der Waals surface area (Å²) in [7, 11) is 0. The number of carbonyl (C=O) groups excluding carboxylic acids is 1. The van der Waals surface area contributed by atoms with Gasteiger partial charge in [-0.2, -0.15) is 0 Å². The van der Waals surface area contributed by atoms with Gasteiger partial charge in [0.15, 0.2) is 0 Å². The summed E-state index contributed by atoms with van der Waals surface area (Å²) in [6.07, 6.45) is 2.05. The van der Waals surface area contributed by atoms with E-state index in [1.807, 2.05) is 29.2 Å². The normalized spacial score (nSPS) is 22.3. The summed E-state index contributed by atoms with van der Waals surface area (Å²) in [6, 6.07) is 12.2. The molecule has 0 bridgehead atoms. The second kappa shape index (κ2) is 6.76. The van der Waals surface area contributed by atoms with E-state index in [4.69, 9.17) is 4.74 Å². The lowest BCUT2D eigenvalue weighted by molar-refractivity contribution is 0.0426. The van der Waals surface area contributed by atoms with E-state index in [1.54, 1.807) is 0 Å². The monoisotopic (exact) mass is 350 g/mol. The fourth-order valence-electron chi connectivity index (χ4n) is 4.01. The molecule has 0 unspecified atom stereocenters. The van der Waals surface area contributed by atoms with Crippen LogP contribution in [-0.2, 0) is 4.74 Å². The maximum absolute atomic E-state index is 13.3. The van der Waals surface area contributed by atoms with Crippen molar-refractivity contribution in [3.8, 4) is 0 Å². The maximum Gasteiger partial charge on any atom is 0.257 e. The van der Waals surface area contributed by atoms with Crippen molar-refractivity contribution < 1.29 is 9.53 Å². The zero-order valence-electron chi connectivity index (χ0n) is 15.7. The Balaban J connectivity index is 1.76. The van der Waals surface area contributed by atoms with Crippen LogP contribution in [0.2, 0.25) is 0 Å². The molecule has 2 aromatic carbocycles. The number of fused-ring (bicyclic) bond motifs is 1. The van der Waals surface area contributed by atoms with E-state index in [9.17, 15) is 4.79 Å². The Bertz CT molecular complexity index is 840. The highest BCUT2D eigenvalue weighted by atomic mass is 16.5. The third-order valence-electron chi connectivity index (χ3n) is 5.62. The first-order valence-electron chi connectivity index (χ1n) is 9.40. The summed E-state index contributed by atoms with van der Waals surface area (Å²) in [5.41, 5.74) is 6.53. The minimum absolute atomic E-state index is 0.0810. The molecule has 1 N–H and O–H groups in total. The van der Waals surface area contributed by atoms with Crippen molar-refractivity contribution in [2.45, 2.75) is 45.9 Å². The van der Waals surface area contributed by atoms with Crippen LogP contribution in [0.15, 0.2) is 36.4 Å². The maximum atomic E-state index is 13.3. The van der Waals surface area contributed by atoms with Gasteiger partial charge in [-0.15, -0.1) is 0 Å². The summed E-state index contributed by atoms with van der Waals surface area (Å²) < 4.78 is 5.83. The third kappa shape index (κ3) is 2.99. The largest absolute Gasteiger partial charge is 0.376 e. The zero-order valence-corrected chi connectivity index (χ0v) is 15.7. The van der Waals surface area contributed by atoms with Gasteiger partial charge in [-0.25, -0.2) is 0 Å². The van der Waals surface area contributed by atoms with Crippen LogP contribution in [-0.4, -0.2) is 30.1 Å². The SMILES string of the molecule is Cc1cc(C)c([C@H]2Nc3ccccc3C(=O)N2C[C@@H]2CCCO2)cc1C. The quantitative estimate of drug-likeness (QED) is 0.894. The van der Waals surface area contributed by atoms with Crippen LogP contribution in [0.4, 0.5) is 5.69 Å². The number of aryl methyl sites for hydroxylation is 3. The van der Waals surface area contributed by atoms with Crippen LogP contribution in [0.1, 0.15) is 51.6 Å². The number of hydrogen-bond donors (Lipinski definition) is 1. The van der Waals surface area contributed by atoms with Crippen molar-refractivity contribution in [1.82, 2.24) is 4.90 Å². The number of carbonyl (C=O) groups is 1. The second-order valence-electron chi connectivity index (χ2n) is 7.48. The average Bonchev–Trinajstić information content (AvgIpc) is 3.14. The van der Waals surface area contributed by atoms with Gasteiger partial charge in [0.1, 0.15) is 6.17 Å². The van der Waals surface area contributed by atoms with Gasteiger partial charge in [0.05, 0.1) is 11.7 Å². The summed E-state index contributed by atoms with van der Waals surface area (Å²) in [5.74, 6) is 0.0810. The molecule has 2 heterocycles. The zero-order chi connectivity index (χ0) is 18.3. The predicted molar refractivity (Wildman–Crippen MR) is 103 cm³/mol. The predicted octanol–water partition coefficient (Wildman–Crippen LogP) is 4.36. The number of nitrogens with zero attached hydrogens (tertiary/aromatic N) is 1. The molecule has 4 rings (SSSR count). The average molecular weight is 350 g/mol. The van der Waals surface area contributed by atoms with E-state index in [2.05, 4.69) is 38.2 Å². The Morgan fingerprint density at radius 1 is 1.12 bits per heavy atom. The van der Waals surface area contributed by atoms with Gasteiger partial charge in [0.2, 0.25) is 0 Å². The van der Waals surface area contributed by atoms with E-state index in [0.29, 0.717) is 6.54 Å². The Hall–Kier alpha value is -2.33. The van der Waals surface area contributed by atoms with Crippen molar-refractivity contribution in [1.29, 1.82) is 0 Å². The first-order chi connectivity index (χ1) is 12.5. The molecule has 4 nitrogen and oxygen atoms in total. The summed E-state index contributed by atoms with van der Waals surface area (Å²) in [6.45, 7) is 7.80. The molecule has 2 aliphatic heterocycles. The van der Waals surface area contributed by atoms with Gasteiger partial charge in [-0.1, -0.05) is 24.3 Å². The third-order valence-corrected chi connectivity index (χ3v) is 5.62. The van der Waals surface area contributed by atoms with Crippen LogP contribution in [0, 0.1) is 20.8 Å². The molecular weight excluding hydrogens is 324 g/mol. The van der Waals surface area contributed by atoms with Crippen molar-refractivity contribution in [3.63, 3.8) is 0 Å². The standard InChI is InChI=1S/C22H26N2O2/c1-14-11-16(3)19(12-15(14)2)21-23-20-9-5-4-8-18(20)22(25)24(21)13-17-7-6-10-26-17/h4-5,8-9,11-12,17,21,23H,6-7,10,13H2,1-3H3/t17-,21-/m0/s1. The lowest BCUT2D eigenvalue weighted by Crippen LogP contribution is -2.46. The molecule has 2 aliphatic rings. The van der Waals surface area contributed by atoms with Crippen LogP contribution in [0.5, 0.6) is 0 Å². The first kappa shape index (κ1) is 17.1. The Labute approximate surface area is 155 Å². The highest BCUT2D eigenvalue weighted by Gasteiger charge is 2.35. The van der Waals surface area contributed by atoms with E-state index in [0.717, 1.165) is 36.3 Å². The number of rotatable bonds is 3. The minimum Gasteiger partial charge on any atom is -0.376 e. The van der Waals surface area contributed by atoms with Crippen molar-refractivity contribution in [3.05, 3.63) is 64.2 Å². The fraction of sp³-hybridized carbons (Fsp3) is 0.409. The van der Waals surface area contributed by atoms with Gasteiger partial charge < -0.3 is 15.0 Å². The molecule has 0 saturated carbocycles. The molecule has 0 spiro atoms. The molecule has 1 fully saturated rings. The fourth-order valence-corrected chi connectivity index (χ4v) is 4.01. The molecule has 0 aliphatic carbocycles. The van der Waals surface area contributed by atoms with Crippen LogP contribution < -0.4 is 5.32 Å². The first-order valence-corrected chi connectivity index (χ1v) is 9.40. The van der Waals surface area contributed by atoms with Gasteiger partial charge in [-0.05, 0) is 68.0 Å². The lowest BCUT2D eigenvalue weighted by Gasteiger charge is -2.40. The lowest BCUT2D eigenvalue weighted by atomic mass is 9.95. The molecule has 0 radical (unpaired) electrons. The molecule has 1 amide bonds. The minimum atomic E-state index is -0.166. The molecule has 2 aromatic rings.